The highest BCUT2D eigenvalue weighted by Gasteiger charge is 2.27. The fraction of sp³-hybridized carbons (Fsp3) is 0.556. The maximum absolute atomic E-state index is 12.1. The molecule has 0 fully saturated rings. The lowest BCUT2D eigenvalue weighted by Crippen LogP contribution is -2.38. The van der Waals surface area contributed by atoms with Crippen LogP contribution in [0.4, 0.5) is 13.2 Å². The molecular weight excluding hydrogens is 428 g/mol. The molecule has 1 heterocycles. The molecular formula is C9H12BrF3IN4+. The van der Waals surface area contributed by atoms with Gasteiger partial charge in [-0.25, -0.2) is 5.41 Å². The third-order valence-corrected chi connectivity index (χ3v) is 2.90. The fourth-order valence-corrected chi connectivity index (χ4v) is 1.97. The Labute approximate surface area is 124 Å². The highest BCUT2D eigenvalue weighted by atomic mass is 127. The summed E-state index contributed by atoms with van der Waals surface area (Å²) in [5.74, 6) is 0.527. The normalized spacial score (nSPS) is 20.4. The zero-order valence-corrected chi connectivity index (χ0v) is 12.9. The van der Waals surface area contributed by atoms with Gasteiger partial charge in [0.05, 0.1) is 22.7 Å². The van der Waals surface area contributed by atoms with Gasteiger partial charge in [0.1, 0.15) is 5.84 Å². The molecule has 102 valence electrons. The van der Waals surface area contributed by atoms with Crippen molar-refractivity contribution in [1.29, 1.82) is 0 Å². The van der Waals surface area contributed by atoms with E-state index in [9.17, 15) is 13.2 Å². The number of allylic oxidation sites excluding steroid dienone is 1. The number of nitrogens with one attached hydrogen (secondary N) is 2. The van der Waals surface area contributed by atoms with Crippen LogP contribution in [-0.4, -0.2) is 33.8 Å². The van der Waals surface area contributed by atoms with E-state index in [0.717, 1.165) is 0 Å². The third-order valence-electron chi connectivity index (χ3n) is 1.96. The van der Waals surface area contributed by atoms with E-state index in [1.807, 2.05) is 0 Å². The summed E-state index contributed by atoms with van der Waals surface area (Å²) in [7, 11) is 0. The van der Waals surface area contributed by atoms with Gasteiger partial charge in [0.25, 0.3) is 0 Å². The average Bonchev–Trinajstić information content (AvgIpc) is 2.61. The number of nitrogens with two attached hydrogens (primary N) is 1. The predicted molar refractivity (Wildman–Crippen MR) is 75.9 cm³/mol. The standard InChI is InChI=1S/C9H11BrF3IN4/c10-6(15)3-5(8-17-4-7(14)18-8)16-2-1-9(11,12)13/h3,7,15-16H,1-2,4H2,(H,17,18)/p+1/b5-3+,15-6?. The van der Waals surface area contributed by atoms with Crippen LogP contribution in [0.5, 0.6) is 0 Å². The Morgan fingerprint density at radius 2 is 2.33 bits per heavy atom. The Balaban J connectivity index is 2.61. The predicted octanol–water partition coefficient (Wildman–Crippen LogP) is 0.728. The van der Waals surface area contributed by atoms with E-state index in [-0.39, 0.29) is 10.6 Å². The number of aliphatic imine (C=N–C) groups is 1. The van der Waals surface area contributed by atoms with Gasteiger partial charge < -0.3 is 10.6 Å². The van der Waals surface area contributed by atoms with E-state index in [4.69, 9.17) is 5.41 Å². The van der Waals surface area contributed by atoms with Gasteiger partial charge in [-0.3, -0.25) is 4.99 Å². The molecule has 1 aliphatic rings. The van der Waals surface area contributed by atoms with Crippen LogP contribution in [0.15, 0.2) is 16.8 Å². The van der Waals surface area contributed by atoms with Gasteiger partial charge in [-0.1, -0.05) is 22.6 Å². The van der Waals surface area contributed by atoms with E-state index in [0.29, 0.717) is 22.7 Å². The molecule has 0 saturated heterocycles. The summed E-state index contributed by atoms with van der Waals surface area (Å²) in [5, 5.41) is 11.2. The molecule has 1 rings (SSSR count). The lowest BCUT2D eigenvalue weighted by atomic mass is 10.3. The van der Waals surface area contributed by atoms with Crippen molar-refractivity contribution >= 4 is 49.0 Å². The average molecular weight is 440 g/mol. The Hall–Kier alpha value is -0.320. The number of alkyl halides is 4. The number of nitrogens with zero attached hydrogens (tertiary/aromatic N) is 1. The van der Waals surface area contributed by atoms with Crippen molar-refractivity contribution in [2.75, 3.05) is 13.1 Å². The lowest BCUT2D eigenvalue weighted by Gasteiger charge is -2.13. The van der Waals surface area contributed by atoms with E-state index in [1.165, 1.54) is 6.08 Å². The molecule has 0 aromatic heterocycles. The van der Waals surface area contributed by atoms with Crippen LogP contribution >= 0.6 is 38.5 Å². The van der Waals surface area contributed by atoms with Gasteiger partial charge in [0.2, 0.25) is 4.62 Å². The molecule has 9 heteroatoms. The van der Waals surface area contributed by atoms with Gasteiger partial charge in [-0.05, 0) is 0 Å². The number of halogens is 5. The SMILES string of the molecule is [NH2+]=C(Br)/C=C(/NCCC(F)(F)F)C1=NCC(I)N1. The molecule has 1 atom stereocenters. The molecule has 1 aliphatic heterocycles. The molecule has 0 amide bonds. The maximum atomic E-state index is 12.1. The highest BCUT2D eigenvalue weighted by Crippen LogP contribution is 2.18. The van der Waals surface area contributed by atoms with Crippen molar-refractivity contribution in [1.82, 2.24) is 10.6 Å². The fourth-order valence-electron chi connectivity index (χ4n) is 1.25. The summed E-state index contributed by atoms with van der Waals surface area (Å²) in [6.45, 7) is 0.360. The van der Waals surface area contributed by atoms with Crippen molar-refractivity contribution in [3.63, 3.8) is 0 Å². The Bertz CT molecular complexity index is 380. The van der Waals surface area contributed by atoms with Crippen LogP contribution in [0.1, 0.15) is 6.42 Å². The van der Waals surface area contributed by atoms with E-state index >= 15 is 0 Å². The third kappa shape index (κ3) is 6.03. The zero-order chi connectivity index (χ0) is 13.8. The summed E-state index contributed by atoms with van der Waals surface area (Å²) in [6, 6.07) is 0. The summed E-state index contributed by atoms with van der Waals surface area (Å²) >= 11 is 5.19. The number of rotatable bonds is 5. The molecule has 18 heavy (non-hydrogen) atoms. The molecule has 0 aromatic carbocycles. The van der Waals surface area contributed by atoms with Gasteiger partial charge in [0.15, 0.2) is 0 Å². The summed E-state index contributed by atoms with van der Waals surface area (Å²) < 4.78 is 36.6. The quantitative estimate of drug-likeness (QED) is 0.256. The molecule has 0 bridgehead atoms. The van der Waals surface area contributed by atoms with Crippen molar-refractivity contribution in [3.05, 3.63) is 11.8 Å². The van der Waals surface area contributed by atoms with Crippen molar-refractivity contribution in [3.8, 4) is 0 Å². The monoisotopic (exact) mass is 439 g/mol. The van der Waals surface area contributed by atoms with E-state index in [2.05, 4.69) is 54.1 Å². The second-order valence-electron chi connectivity index (χ2n) is 3.54. The first-order chi connectivity index (χ1) is 8.28. The van der Waals surface area contributed by atoms with Gasteiger partial charge in [0, 0.05) is 28.6 Å². The molecule has 0 aliphatic carbocycles. The molecule has 1 unspecified atom stereocenters. The largest absolute Gasteiger partial charge is 0.390 e. The Morgan fingerprint density at radius 3 is 2.78 bits per heavy atom. The van der Waals surface area contributed by atoms with E-state index in [1.54, 1.807) is 0 Å². The smallest absolute Gasteiger partial charge is 0.382 e. The summed E-state index contributed by atoms with van der Waals surface area (Å²) in [6.07, 6.45) is -3.59. The topological polar surface area (TPSA) is 62.0 Å². The first-order valence-electron chi connectivity index (χ1n) is 5.03. The number of hydrogen-bond acceptors (Lipinski definition) is 3. The minimum Gasteiger partial charge on any atom is -0.382 e. The van der Waals surface area contributed by atoms with Gasteiger partial charge in [-0.15, -0.1) is 0 Å². The minimum atomic E-state index is -4.18. The Kier molecular flexibility index (Phi) is 5.89. The van der Waals surface area contributed by atoms with Crippen molar-refractivity contribution < 1.29 is 18.6 Å². The van der Waals surface area contributed by atoms with Crippen LogP contribution in [0.2, 0.25) is 0 Å². The zero-order valence-electron chi connectivity index (χ0n) is 9.19. The van der Waals surface area contributed by atoms with Crippen LogP contribution in [0.3, 0.4) is 0 Å². The second-order valence-corrected chi connectivity index (χ2v) is 5.96. The van der Waals surface area contributed by atoms with Crippen LogP contribution in [-0.2, 0) is 0 Å². The van der Waals surface area contributed by atoms with Gasteiger partial charge in [-0.2, -0.15) is 13.2 Å². The maximum Gasteiger partial charge on any atom is 0.390 e. The first-order valence-corrected chi connectivity index (χ1v) is 7.07. The number of hydrogen-bond donors (Lipinski definition) is 3. The lowest BCUT2D eigenvalue weighted by molar-refractivity contribution is -0.133. The second kappa shape index (κ2) is 6.73. The molecule has 0 aromatic rings. The van der Waals surface area contributed by atoms with E-state index < -0.39 is 12.6 Å². The molecule has 0 radical (unpaired) electrons. The van der Waals surface area contributed by atoms with Crippen LogP contribution < -0.4 is 16.0 Å². The molecule has 0 saturated carbocycles. The highest BCUT2D eigenvalue weighted by molar-refractivity contribution is 14.1. The molecule has 4 nitrogen and oxygen atoms in total. The van der Waals surface area contributed by atoms with Crippen molar-refractivity contribution in [2.45, 2.75) is 16.6 Å². The molecule has 0 spiro atoms. The van der Waals surface area contributed by atoms with Crippen LogP contribution in [0, 0.1) is 0 Å². The summed E-state index contributed by atoms with van der Waals surface area (Å²) in [4.78, 5) is 4.18. The number of amidine groups is 1. The Morgan fingerprint density at radius 1 is 1.67 bits per heavy atom. The first kappa shape index (κ1) is 15.7. The minimum absolute atomic E-state index is 0.141. The van der Waals surface area contributed by atoms with Gasteiger partial charge >= 0.3 is 6.18 Å². The van der Waals surface area contributed by atoms with Crippen LogP contribution in [0.25, 0.3) is 0 Å². The summed E-state index contributed by atoms with van der Waals surface area (Å²) in [5.41, 5.74) is 0.452. The van der Waals surface area contributed by atoms with Crippen molar-refractivity contribution in [2.24, 2.45) is 4.99 Å². The molecule has 4 N–H and O–H groups in total.